The summed E-state index contributed by atoms with van der Waals surface area (Å²) in [5.74, 6) is 0.328. The number of halogens is 1. The average Bonchev–Trinajstić information content (AvgIpc) is 2.55. The van der Waals surface area contributed by atoms with Gasteiger partial charge in [0.25, 0.3) is 0 Å². The van der Waals surface area contributed by atoms with Crippen LogP contribution in [-0.4, -0.2) is 19.7 Å². The van der Waals surface area contributed by atoms with Crippen LogP contribution in [0.2, 0.25) is 0 Å². The maximum Gasteiger partial charge on any atom is 0.331 e. The molecule has 0 N–H and O–H groups in total. The molecule has 3 nitrogen and oxygen atoms in total. The first-order valence-corrected chi connectivity index (χ1v) is 8.14. The van der Waals surface area contributed by atoms with E-state index in [1.54, 1.807) is 0 Å². The normalized spacial score (nSPS) is 11.2. The van der Waals surface area contributed by atoms with Crippen molar-refractivity contribution in [3.8, 4) is 5.75 Å². The summed E-state index contributed by atoms with van der Waals surface area (Å²) in [6, 6.07) is 13.8. The summed E-state index contributed by atoms with van der Waals surface area (Å²) in [5.41, 5.74) is 3.70. The Morgan fingerprint density at radius 3 is 2.48 bits per heavy atom. The van der Waals surface area contributed by atoms with Gasteiger partial charge in [0.15, 0.2) is 0 Å². The van der Waals surface area contributed by atoms with Gasteiger partial charge >= 0.3 is 5.97 Å². The van der Waals surface area contributed by atoms with E-state index >= 15 is 0 Å². The highest BCUT2D eigenvalue weighted by molar-refractivity contribution is 9.10. The highest BCUT2D eigenvalue weighted by Gasteiger charge is 2.14. The van der Waals surface area contributed by atoms with E-state index in [4.69, 9.17) is 9.47 Å². The predicted molar refractivity (Wildman–Crippen MR) is 95.6 cm³/mol. The molecule has 0 saturated heterocycles. The molecule has 0 saturated carbocycles. The Morgan fingerprint density at radius 1 is 1.17 bits per heavy atom. The fourth-order valence-corrected chi connectivity index (χ4v) is 2.58. The van der Waals surface area contributed by atoms with Crippen LogP contribution < -0.4 is 4.74 Å². The van der Waals surface area contributed by atoms with Crippen LogP contribution in [0.1, 0.15) is 23.6 Å². The molecule has 23 heavy (non-hydrogen) atoms. The Morgan fingerprint density at radius 2 is 1.87 bits per heavy atom. The summed E-state index contributed by atoms with van der Waals surface area (Å²) < 4.78 is 11.4. The molecule has 0 aliphatic rings. The van der Waals surface area contributed by atoms with E-state index in [2.05, 4.69) is 15.9 Å². The minimum Gasteiger partial charge on any atom is -0.493 e. The number of rotatable bonds is 5. The van der Waals surface area contributed by atoms with Gasteiger partial charge in [-0.25, -0.2) is 4.79 Å². The quantitative estimate of drug-likeness (QED) is 0.558. The minimum atomic E-state index is -0.400. The molecule has 2 rings (SSSR count). The third-order valence-electron chi connectivity index (χ3n) is 3.36. The fourth-order valence-electron chi connectivity index (χ4n) is 2.22. The smallest absolute Gasteiger partial charge is 0.331 e. The van der Waals surface area contributed by atoms with Gasteiger partial charge in [0.1, 0.15) is 5.75 Å². The Bertz CT molecular complexity index is 718. The standard InChI is InChI=1S/C19H19BrO3/c1-4-23-18-10-9-15(20)11-17(18)16(12-19(21)22-3)14-7-5-13(2)6-8-14/h5-12H,4H2,1-3H3/b16-12+. The molecule has 0 atom stereocenters. The third kappa shape index (κ3) is 4.45. The molecule has 0 aliphatic carbocycles. The lowest BCUT2D eigenvalue weighted by atomic mass is 9.96. The van der Waals surface area contributed by atoms with Crippen molar-refractivity contribution in [3.63, 3.8) is 0 Å². The summed E-state index contributed by atoms with van der Waals surface area (Å²) in [6.45, 7) is 4.51. The summed E-state index contributed by atoms with van der Waals surface area (Å²) in [5, 5.41) is 0. The van der Waals surface area contributed by atoms with Crippen LogP contribution in [0.15, 0.2) is 53.0 Å². The predicted octanol–water partition coefficient (Wildman–Crippen LogP) is 4.76. The molecule has 0 radical (unpaired) electrons. The van der Waals surface area contributed by atoms with Gasteiger partial charge in [-0.15, -0.1) is 0 Å². The molecule has 0 unspecified atom stereocenters. The second-order valence-electron chi connectivity index (χ2n) is 5.02. The molecular formula is C19H19BrO3. The molecule has 0 aliphatic heterocycles. The van der Waals surface area contributed by atoms with Gasteiger partial charge in [-0.2, -0.15) is 0 Å². The Labute approximate surface area is 145 Å². The Kier molecular flexibility index (Phi) is 5.99. The van der Waals surface area contributed by atoms with E-state index in [0.717, 1.165) is 32.5 Å². The molecule has 4 heteroatoms. The maximum atomic E-state index is 11.8. The molecule has 0 bridgehead atoms. The molecular weight excluding hydrogens is 356 g/mol. The van der Waals surface area contributed by atoms with Crippen LogP contribution in [0.3, 0.4) is 0 Å². The molecule has 0 heterocycles. The second-order valence-corrected chi connectivity index (χ2v) is 5.94. The summed E-state index contributed by atoms with van der Waals surface area (Å²) in [4.78, 5) is 11.8. The van der Waals surface area contributed by atoms with Gasteiger partial charge in [-0.3, -0.25) is 0 Å². The number of aryl methyl sites for hydroxylation is 1. The first-order chi connectivity index (χ1) is 11.0. The number of ether oxygens (including phenoxy) is 2. The molecule has 0 fully saturated rings. The number of hydrogen-bond acceptors (Lipinski definition) is 3. The third-order valence-corrected chi connectivity index (χ3v) is 3.85. The van der Waals surface area contributed by atoms with Crippen LogP contribution in [0.4, 0.5) is 0 Å². The topological polar surface area (TPSA) is 35.5 Å². The molecule has 0 aromatic heterocycles. The summed E-state index contributed by atoms with van der Waals surface area (Å²) in [6.07, 6.45) is 1.50. The van der Waals surface area contributed by atoms with Crippen molar-refractivity contribution >= 4 is 27.5 Å². The number of carbonyl (C=O) groups is 1. The monoisotopic (exact) mass is 374 g/mol. The highest BCUT2D eigenvalue weighted by atomic mass is 79.9. The summed E-state index contributed by atoms with van der Waals surface area (Å²) in [7, 11) is 1.37. The van der Waals surface area contributed by atoms with E-state index in [9.17, 15) is 4.79 Å². The maximum absolute atomic E-state index is 11.8. The van der Waals surface area contributed by atoms with Gasteiger partial charge in [0.05, 0.1) is 13.7 Å². The zero-order valence-electron chi connectivity index (χ0n) is 13.4. The number of carbonyl (C=O) groups excluding carboxylic acids is 1. The van der Waals surface area contributed by atoms with E-state index in [0.29, 0.717) is 6.61 Å². The van der Waals surface area contributed by atoms with Crippen LogP contribution in [-0.2, 0) is 9.53 Å². The molecule has 120 valence electrons. The fraction of sp³-hybridized carbons (Fsp3) is 0.211. The van der Waals surface area contributed by atoms with Crippen molar-refractivity contribution in [1.82, 2.24) is 0 Å². The van der Waals surface area contributed by atoms with E-state index in [1.165, 1.54) is 13.2 Å². The van der Waals surface area contributed by atoms with Crippen molar-refractivity contribution in [3.05, 3.63) is 69.7 Å². The Hall–Kier alpha value is -2.07. The number of methoxy groups -OCH3 is 1. The SMILES string of the molecule is CCOc1ccc(Br)cc1/C(=C/C(=O)OC)c1ccc(C)cc1. The van der Waals surface area contributed by atoms with Gasteiger partial charge in [0, 0.05) is 16.1 Å². The van der Waals surface area contributed by atoms with Gasteiger partial charge in [-0.05, 0) is 43.2 Å². The van der Waals surface area contributed by atoms with Gasteiger partial charge < -0.3 is 9.47 Å². The Balaban J connectivity index is 2.62. The zero-order valence-corrected chi connectivity index (χ0v) is 15.0. The van der Waals surface area contributed by atoms with Crippen LogP contribution >= 0.6 is 15.9 Å². The average molecular weight is 375 g/mol. The van der Waals surface area contributed by atoms with E-state index < -0.39 is 5.97 Å². The highest BCUT2D eigenvalue weighted by Crippen LogP contribution is 2.33. The lowest BCUT2D eigenvalue weighted by molar-refractivity contribution is -0.134. The minimum absolute atomic E-state index is 0.400. The molecule has 2 aromatic rings. The van der Waals surface area contributed by atoms with Crippen molar-refractivity contribution in [2.75, 3.05) is 13.7 Å². The van der Waals surface area contributed by atoms with Crippen molar-refractivity contribution in [2.24, 2.45) is 0 Å². The van der Waals surface area contributed by atoms with Crippen molar-refractivity contribution in [1.29, 1.82) is 0 Å². The molecule has 0 amide bonds. The zero-order chi connectivity index (χ0) is 16.8. The molecule has 2 aromatic carbocycles. The number of benzene rings is 2. The van der Waals surface area contributed by atoms with Crippen molar-refractivity contribution in [2.45, 2.75) is 13.8 Å². The summed E-state index contributed by atoms with van der Waals surface area (Å²) >= 11 is 3.48. The first kappa shape index (κ1) is 17.3. The lowest BCUT2D eigenvalue weighted by Gasteiger charge is -2.14. The largest absolute Gasteiger partial charge is 0.493 e. The van der Waals surface area contributed by atoms with Crippen molar-refractivity contribution < 1.29 is 14.3 Å². The van der Waals surface area contributed by atoms with Crippen LogP contribution in [0.25, 0.3) is 5.57 Å². The van der Waals surface area contributed by atoms with Gasteiger partial charge in [-0.1, -0.05) is 45.8 Å². The number of esters is 1. The lowest BCUT2D eigenvalue weighted by Crippen LogP contribution is -2.01. The molecule has 0 spiro atoms. The van der Waals surface area contributed by atoms with Crippen LogP contribution in [0, 0.1) is 6.92 Å². The second kappa shape index (κ2) is 7.97. The van der Waals surface area contributed by atoms with Crippen LogP contribution in [0.5, 0.6) is 5.75 Å². The van der Waals surface area contributed by atoms with E-state index in [-0.39, 0.29) is 0 Å². The number of hydrogen-bond donors (Lipinski definition) is 0. The van der Waals surface area contributed by atoms with E-state index in [1.807, 2.05) is 56.3 Å². The first-order valence-electron chi connectivity index (χ1n) is 7.34. The van der Waals surface area contributed by atoms with Gasteiger partial charge in [0.2, 0.25) is 0 Å².